The lowest BCUT2D eigenvalue weighted by atomic mass is 9.94. The number of rotatable bonds is 5. The Morgan fingerprint density at radius 3 is 2.88 bits per heavy atom. The number of hydrogen-bond acceptors (Lipinski definition) is 7. The molecule has 3 aromatic heterocycles. The predicted octanol–water partition coefficient (Wildman–Crippen LogP) is 3.10. The first-order valence-corrected chi connectivity index (χ1v) is 9.75. The third-order valence-electron chi connectivity index (χ3n) is 4.75. The molecule has 1 atom stereocenters. The minimum Gasteiger partial charge on any atom is -0.337 e. The Morgan fingerprint density at radius 2 is 2.12 bits per heavy atom. The molecule has 1 aliphatic rings. The lowest BCUT2D eigenvalue weighted by Gasteiger charge is -2.32. The van der Waals surface area contributed by atoms with Crippen LogP contribution >= 0.6 is 11.3 Å². The summed E-state index contributed by atoms with van der Waals surface area (Å²) in [6.07, 6.45) is 9.66. The normalized spacial score (nSPS) is 18.2. The van der Waals surface area contributed by atoms with Gasteiger partial charge in [-0.2, -0.15) is 0 Å². The second-order valence-corrected chi connectivity index (χ2v) is 7.60. The van der Waals surface area contributed by atoms with Crippen LogP contribution in [0.2, 0.25) is 0 Å². The van der Waals surface area contributed by atoms with Gasteiger partial charge < -0.3 is 9.88 Å². The summed E-state index contributed by atoms with van der Waals surface area (Å²) in [4.78, 5) is 20.6. The number of aromatic nitrogens is 5. The fourth-order valence-electron chi connectivity index (χ4n) is 3.43. The van der Waals surface area contributed by atoms with Crippen molar-refractivity contribution in [3.05, 3.63) is 47.4 Å². The lowest BCUT2D eigenvalue weighted by molar-refractivity contribution is 0.193. The second kappa shape index (κ2) is 7.51. The Balaban J connectivity index is 1.50. The van der Waals surface area contributed by atoms with Crippen LogP contribution in [0.4, 0.5) is 10.9 Å². The summed E-state index contributed by atoms with van der Waals surface area (Å²) >= 11 is 1.59. The number of nitrogens with zero attached hydrogens (tertiary/aromatic N) is 6. The van der Waals surface area contributed by atoms with Crippen molar-refractivity contribution in [3.8, 4) is 0 Å². The molecule has 1 fully saturated rings. The minimum atomic E-state index is 0.362. The fraction of sp³-hybridized carbons (Fsp3) is 0.444. The highest BCUT2D eigenvalue weighted by molar-refractivity contribution is 7.13. The van der Waals surface area contributed by atoms with Crippen LogP contribution in [0.3, 0.4) is 0 Å². The molecule has 8 heteroatoms. The molecule has 7 nitrogen and oxygen atoms in total. The van der Waals surface area contributed by atoms with Gasteiger partial charge in [0.15, 0.2) is 10.9 Å². The van der Waals surface area contributed by atoms with Crippen LogP contribution in [-0.2, 0) is 13.6 Å². The molecule has 0 bridgehead atoms. The molecule has 4 rings (SSSR count). The Morgan fingerprint density at radius 1 is 1.23 bits per heavy atom. The summed E-state index contributed by atoms with van der Waals surface area (Å²) in [5, 5.41) is 6.26. The van der Waals surface area contributed by atoms with Gasteiger partial charge in [-0.25, -0.2) is 15.0 Å². The summed E-state index contributed by atoms with van der Waals surface area (Å²) in [6.45, 7) is 4.93. The van der Waals surface area contributed by atoms with Gasteiger partial charge in [0.25, 0.3) is 0 Å². The smallest absolute Gasteiger partial charge is 0.188 e. The summed E-state index contributed by atoms with van der Waals surface area (Å²) < 4.78 is 2.09. The van der Waals surface area contributed by atoms with Crippen LogP contribution < -0.4 is 5.32 Å². The summed E-state index contributed by atoms with van der Waals surface area (Å²) in [5.41, 5.74) is 2.05. The fourth-order valence-corrected chi connectivity index (χ4v) is 4.11. The molecule has 1 aliphatic heterocycles. The number of anilines is 2. The highest BCUT2D eigenvalue weighted by Gasteiger charge is 2.26. The van der Waals surface area contributed by atoms with Gasteiger partial charge in [0.2, 0.25) is 0 Å². The van der Waals surface area contributed by atoms with Crippen molar-refractivity contribution < 1.29 is 0 Å². The standard InChI is InChI=1S/C18H23N7S/c1-13-12-26-18(22-13)23-17-16(20-5-6-21-17)14-4-3-8-25(10-14)11-15-19-7-9-24(15)2/h5-7,9,12,14H,3-4,8,10-11H2,1-2H3,(H,21,22,23)/t14-/m1/s1. The highest BCUT2D eigenvalue weighted by atomic mass is 32.1. The number of likely N-dealkylation sites (tertiary alicyclic amines) is 1. The van der Waals surface area contributed by atoms with Crippen LogP contribution in [0.15, 0.2) is 30.2 Å². The first kappa shape index (κ1) is 17.1. The number of imidazole rings is 1. The van der Waals surface area contributed by atoms with E-state index in [1.807, 2.05) is 31.7 Å². The van der Waals surface area contributed by atoms with Crippen molar-refractivity contribution in [2.75, 3.05) is 18.4 Å². The molecular weight excluding hydrogens is 346 g/mol. The van der Waals surface area contributed by atoms with E-state index in [1.165, 1.54) is 0 Å². The average Bonchev–Trinajstić information content (AvgIpc) is 3.24. The van der Waals surface area contributed by atoms with Gasteiger partial charge in [-0.3, -0.25) is 9.88 Å². The van der Waals surface area contributed by atoms with Gasteiger partial charge in [0.1, 0.15) is 5.82 Å². The number of thiazole rings is 1. The third kappa shape index (κ3) is 3.76. The minimum absolute atomic E-state index is 0.362. The zero-order valence-electron chi connectivity index (χ0n) is 15.1. The topological polar surface area (TPSA) is 71.8 Å². The van der Waals surface area contributed by atoms with E-state index in [9.17, 15) is 0 Å². The largest absolute Gasteiger partial charge is 0.337 e. The van der Waals surface area contributed by atoms with E-state index in [0.717, 1.165) is 60.6 Å². The molecule has 0 saturated carbocycles. The van der Waals surface area contributed by atoms with E-state index in [1.54, 1.807) is 23.7 Å². The van der Waals surface area contributed by atoms with Gasteiger partial charge in [-0.15, -0.1) is 11.3 Å². The average molecular weight is 369 g/mol. The van der Waals surface area contributed by atoms with Crippen molar-refractivity contribution in [3.63, 3.8) is 0 Å². The number of piperidine rings is 1. The number of nitrogens with one attached hydrogen (secondary N) is 1. The Kier molecular flexibility index (Phi) is 4.94. The van der Waals surface area contributed by atoms with Crippen molar-refractivity contribution in [2.24, 2.45) is 7.05 Å². The quantitative estimate of drug-likeness (QED) is 0.745. The molecule has 1 N–H and O–H groups in total. The molecule has 0 unspecified atom stereocenters. The molecule has 0 amide bonds. The first-order chi connectivity index (χ1) is 12.7. The molecule has 0 spiro atoms. The maximum Gasteiger partial charge on any atom is 0.188 e. The van der Waals surface area contributed by atoms with E-state index < -0.39 is 0 Å². The zero-order chi connectivity index (χ0) is 17.9. The van der Waals surface area contributed by atoms with E-state index in [-0.39, 0.29) is 0 Å². The predicted molar refractivity (Wildman–Crippen MR) is 103 cm³/mol. The van der Waals surface area contributed by atoms with E-state index in [0.29, 0.717) is 5.92 Å². The molecule has 136 valence electrons. The monoisotopic (exact) mass is 369 g/mol. The number of aryl methyl sites for hydroxylation is 2. The molecule has 0 aliphatic carbocycles. The van der Waals surface area contributed by atoms with E-state index >= 15 is 0 Å². The third-order valence-corrected chi connectivity index (χ3v) is 5.62. The van der Waals surface area contributed by atoms with Crippen LogP contribution in [-0.4, -0.2) is 42.5 Å². The Hall–Kier alpha value is -2.32. The molecule has 0 radical (unpaired) electrons. The maximum atomic E-state index is 4.66. The first-order valence-electron chi connectivity index (χ1n) is 8.87. The molecule has 4 heterocycles. The highest BCUT2D eigenvalue weighted by Crippen LogP contribution is 2.31. The van der Waals surface area contributed by atoms with Crippen molar-refractivity contribution in [1.29, 1.82) is 0 Å². The molecular formula is C18H23N7S. The molecule has 0 aromatic carbocycles. The Labute approximate surface area is 157 Å². The second-order valence-electron chi connectivity index (χ2n) is 6.74. The summed E-state index contributed by atoms with van der Waals surface area (Å²) in [7, 11) is 2.05. The van der Waals surface area contributed by atoms with Crippen molar-refractivity contribution in [2.45, 2.75) is 32.2 Å². The van der Waals surface area contributed by atoms with Crippen molar-refractivity contribution in [1.82, 2.24) is 29.4 Å². The van der Waals surface area contributed by atoms with Crippen LogP contribution in [0.5, 0.6) is 0 Å². The van der Waals surface area contributed by atoms with E-state index in [2.05, 4.69) is 34.7 Å². The van der Waals surface area contributed by atoms with E-state index in [4.69, 9.17) is 0 Å². The summed E-state index contributed by atoms with van der Waals surface area (Å²) in [6, 6.07) is 0. The van der Waals surface area contributed by atoms with Gasteiger partial charge in [-0.1, -0.05) is 0 Å². The Bertz CT molecular complexity index is 872. The van der Waals surface area contributed by atoms with Crippen LogP contribution in [0.1, 0.15) is 36.0 Å². The molecule has 1 saturated heterocycles. The van der Waals surface area contributed by atoms with Gasteiger partial charge in [-0.05, 0) is 26.3 Å². The maximum absolute atomic E-state index is 4.66. The number of hydrogen-bond donors (Lipinski definition) is 1. The lowest BCUT2D eigenvalue weighted by Crippen LogP contribution is -2.35. The molecule has 26 heavy (non-hydrogen) atoms. The summed E-state index contributed by atoms with van der Waals surface area (Å²) in [5.74, 6) is 2.29. The van der Waals surface area contributed by atoms with Gasteiger partial charge >= 0.3 is 0 Å². The zero-order valence-corrected chi connectivity index (χ0v) is 15.9. The molecule has 3 aromatic rings. The van der Waals surface area contributed by atoms with Gasteiger partial charge in [0, 0.05) is 49.7 Å². The van der Waals surface area contributed by atoms with Crippen molar-refractivity contribution >= 4 is 22.3 Å². The SMILES string of the molecule is Cc1csc(Nc2nccnc2[C@@H]2CCCN(Cc3nccn3C)C2)n1. The van der Waals surface area contributed by atoms with Crippen LogP contribution in [0.25, 0.3) is 0 Å². The van der Waals surface area contributed by atoms with Crippen LogP contribution in [0, 0.1) is 6.92 Å². The van der Waals surface area contributed by atoms with Gasteiger partial charge in [0.05, 0.1) is 17.9 Å².